The van der Waals surface area contributed by atoms with E-state index in [9.17, 15) is 19.7 Å². The lowest BCUT2D eigenvalue weighted by Gasteiger charge is -2.04. The number of hydrogen-bond donors (Lipinski definition) is 1. The number of hydrogen-bond acceptors (Lipinski definition) is 6. The third-order valence-corrected chi connectivity index (χ3v) is 2.96. The van der Waals surface area contributed by atoms with Gasteiger partial charge in [0.1, 0.15) is 0 Å². The molecule has 1 unspecified atom stereocenters. The molecular weight excluding hydrogens is 282 g/mol. The monoisotopic (exact) mass is 295 g/mol. The maximum absolute atomic E-state index is 11.6. The Kier molecular flexibility index (Phi) is 5.92. The summed E-state index contributed by atoms with van der Waals surface area (Å²) in [6, 6.07) is 5.88. The first kappa shape index (κ1) is 15.9. The van der Waals surface area contributed by atoms with Gasteiger partial charge in [-0.3, -0.25) is 19.7 Å². The van der Waals surface area contributed by atoms with Gasteiger partial charge in [0.2, 0.25) is 0 Å². The first-order chi connectivity index (χ1) is 9.45. The molecule has 1 atom stereocenters. The highest BCUT2D eigenvalue weighted by molar-refractivity contribution is 7.82. The lowest BCUT2D eigenvalue weighted by molar-refractivity contribution is -0.384. The second kappa shape index (κ2) is 7.44. The van der Waals surface area contributed by atoms with Gasteiger partial charge >= 0.3 is 5.97 Å². The number of methoxy groups -OCH3 is 1. The summed E-state index contributed by atoms with van der Waals surface area (Å²) in [5.74, 6) is -1.07. The molecule has 1 rings (SSSR count). The van der Waals surface area contributed by atoms with Crippen LogP contribution in [0.1, 0.15) is 12.0 Å². The summed E-state index contributed by atoms with van der Waals surface area (Å²) in [6.07, 6.45) is 3.23. The van der Waals surface area contributed by atoms with E-state index < -0.39 is 16.1 Å². The van der Waals surface area contributed by atoms with Gasteiger partial charge in [-0.2, -0.15) is 12.6 Å². The number of nitro benzene ring substituents is 1. The van der Waals surface area contributed by atoms with E-state index in [4.69, 9.17) is 0 Å². The van der Waals surface area contributed by atoms with E-state index in [1.54, 1.807) is 24.3 Å². The number of nitro groups is 1. The Balaban J connectivity index is 2.58. The molecule has 1 aromatic carbocycles. The van der Waals surface area contributed by atoms with Crippen molar-refractivity contribution in [3.63, 3.8) is 0 Å². The molecule has 0 radical (unpaired) electrons. The average molecular weight is 295 g/mol. The smallest absolute Gasteiger partial charge is 0.326 e. The number of carbonyl (C=O) groups is 2. The summed E-state index contributed by atoms with van der Waals surface area (Å²) in [6.45, 7) is 0. The zero-order chi connectivity index (χ0) is 15.1. The predicted molar refractivity (Wildman–Crippen MR) is 76.5 cm³/mol. The molecule has 0 aliphatic carbocycles. The van der Waals surface area contributed by atoms with Gasteiger partial charge in [0.05, 0.1) is 12.0 Å². The van der Waals surface area contributed by atoms with Gasteiger partial charge in [0.15, 0.2) is 11.0 Å². The van der Waals surface area contributed by atoms with E-state index in [0.29, 0.717) is 0 Å². The zero-order valence-corrected chi connectivity index (χ0v) is 11.6. The number of benzene rings is 1. The van der Waals surface area contributed by atoms with Crippen LogP contribution in [-0.2, 0) is 14.3 Å². The summed E-state index contributed by atoms with van der Waals surface area (Å²) in [5.41, 5.74) is 0.719. The number of carbonyl (C=O) groups excluding carboxylic acids is 2. The summed E-state index contributed by atoms with van der Waals surface area (Å²) in [4.78, 5) is 32.6. The van der Waals surface area contributed by atoms with Crippen LogP contribution in [0.25, 0.3) is 6.08 Å². The molecule has 20 heavy (non-hydrogen) atoms. The first-order valence-corrected chi connectivity index (χ1v) is 6.17. The van der Waals surface area contributed by atoms with Crippen LogP contribution in [0.2, 0.25) is 0 Å². The Bertz CT molecular complexity index is 538. The number of ketones is 1. The van der Waals surface area contributed by atoms with E-state index in [1.165, 1.54) is 19.2 Å². The number of esters is 1. The van der Waals surface area contributed by atoms with Crippen molar-refractivity contribution in [2.45, 2.75) is 11.7 Å². The number of Topliss-reactive ketones (excluding diaryl/α,β-unsaturated/α-hetero) is 1. The molecule has 0 spiro atoms. The van der Waals surface area contributed by atoms with Crippen LogP contribution >= 0.6 is 12.6 Å². The largest absolute Gasteiger partial charge is 0.468 e. The van der Waals surface area contributed by atoms with Crippen LogP contribution < -0.4 is 0 Å². The highest BCUT2D eigenvalue weighted by Crippen LogP contribution is 2.13. The van der Waals surface area contributed by atoms with Crippen LogP contribution in [0.3, 0.4) is 0 Å². The van der Waals surface area contributed by atoms with Crippen LogP contribution in [0, 0.1) is 10.1 Å². The van der Waals surface area contributed by atoms with Crippen molar-refractivity contribution in [1.82, 2.24) is 0 Å². The van der Waals surface area contributed by atoms with Gasteiger partial charge in [-0.15, -0.1) is 0 Å². The first-order valence-electron chi connectivity index (χ1n) is 5.65. The highest BCUT2D eigenvalue weighted by Gasteiger charge is 2.21. The second-order valence-electron chi connectivity index (χ2n) is 3.85. The van der Waals surface area contributed by atoms with E-state index in [2.05, 4.69) is 17.4 Å². The van der Waals surface area contributed by atoms with Crippen molar-refractivity contribution in [1.29, 1.82) is 0 Å². The molecule has 0 aliphatic heterocycles. The van der Waals surface area contributed by atoms with Crippen molar-refractivity contribution in [2.75, 3.05) is 7.11 Å². The number of nitrogens with zero attached hydrogens (tertiary/aromatic N) is 1. The molecule has 0 bridgehead atoms. The Morgan fingerprint density at radius 1 is 1.40 bits per heavy atom. The summed E-state index contributed by atoms with van der Waals surface area (Å²) < 4.78 is 4.41. The quantitative estimate of drug-likeness (QED) is 0.285. The van der Waals surface area contributed by atoms with Gasteiger partial charge in [-0.05, 0) is 17.7 Å². The molecule has 106 valence electrons. The summed E-state index contributed by atoms with van der Waals surface area (Å²) in [5, 5.41) is 9.38. The Labute approximate surface area is 121 Å². The third-order valence-electron chi connectivity index (χ3n) is 2.46. The number of thiol groups is 1. The molecule has 0 heterocycles. The lowest BCUT2D eigenvalue weighted by Crippen LogP contribution is -2.25. The minimum Gasteiger partial charge on any atom is -0.468 e. The van der Waals surface area contributed by atoms with Crippen molar-refractivity contribution in [2.24, 2.45) is 0 Å². The van der Waals surface area contributed by atoms with E-state index in [1.807, 2.05) is 0 Å². The van der Waals surface area contributed by atoms with Crippen LogP contribution in [0.15, 0.2) is 30.3 Å². The Hall–Kier alpha value is -2.15. The molecule has 0 aromatic heterocycles. The number of rotatable bonds is 6. The minimum atomic E-state index is -1.10. The maximum Gasteiger partial charge on any atom is 0.326 e. The molecule has 6 nitrogen and oxygen atoms in total. The third kappa shape index (κ3) is 4.51. The fourth-order valence-electron chi connectivity index (χ4n) is 1.37. The van der Waals surface area contributed by atoms with Gasteiger partial charge < -0.3 is 4.74 Å². The minimum absolute atomic E-state index is 0.000611. The molecule has 0 fully saturated rings. The van der Waals surface area contributed by atoms with E-state index in [-0.39, 0.29) is 17.9 Å². The number of allylic oxidation sites excluding steroid dienone is 1. The van der Waals surface area contributed by atoms with Crippen molar-refractivity contribution in [3.05, 3.63) is 46.0 Å². The molecule has 0 N–H and O–H groups in total. The van der Waals surface area contributed by atoms with Crippen LogP contribution in [0.5, 0.6) is 0 Å². The average Bonchev–Trinajstić information content (AvgIpc) is 2.45. The van der Waals surface area contributed by atoms with Crippen molar-refractivity contribution < 1.29 is 19.2 Å². The van der Waals surface area contributed by atoms with Gasteiger partial charge in [-0.1, -0.05) is 12.2 Å². The predicted octanol–water partition coefficient (Wildman–Crippen LogP) is 2.04. The molecule has 7 heteroatoms. The van der Waals surface area contributed by atoms with Crippen LogP contribution in [-0.4, -0.2) is 29.0 Å². The van der Waals surface area contributed by atoms with E-state index >= 15 is 0 Å². The van der Waals surface area contributed by atoms with Crippen molar-refractivity contribution in [3.8, 4) is 0 Å². The molecular formula is C13H13NO5S. The fraction of sp³-hybridized carbons (Fsp3) is 0.231. The summed E-state index contributed by atoms with van der Waals surface area (Å²) >= 11 is 3.86. The van der Waals surface area contributed by atoms with E-state index in [0.717, 1.165) is 5.56 Å². The maximum atomic E-state index is 11.6. The zero-order valence-electron chi connectivity index (χ0n) is 10.7. The SMILES string of the molecule is COC(=O)C(S)C(=O)C/C=C/c1ccc([N+](=O)[O-])cc1. The van der Waals surface area contributed by atoms with Gasteiger partial charge in [-0.25, -0.2) is 0 Å². The molecule has 1 aromatic rings. The van der Waals surface area contributed by atoms with Gasteiger partial charge in [0.25, 0.3) is 5.69 Å². The van der Waals surface area contributed by atoms with Crippen LogP contribution in [0.4, 0.5) is 5.69 Å². The second-order valence-corrected chi connectivity index (χ2v) is 4.36. The lowest BCUT2D eigenvalue weighted by atomic mass is 10.1. The van der Waals surface area contributed by atoms with Crippen molar-refractivity contribution >= 4 is 36.1 Å². The topological polar surface area (TPSA) is 86.5 Å². The molecule has 0 saturated carbocycles. The summed E-state index contributed by atoms with van der Waals surface area (Å²) in [7, 11) is 1.19. The normalized spacial score (nSPS) is 12.1. The Morgan fingerprint density at radius 2 is 2.00 bits per heavy atom. The molecule has 0 aliphatic rings. The number of non-ortho nitro benzene ring substituents is 1. The van der Waals surface area contributed by atoms with Gasteiger partial charge in [0, 0.05) is 18.6 Å². The highest BCUT2D eigenvalue weighted by atomic mass is 32.1. The Morgan fingerprint density at radius 3 is 2.50 bits per heavy atom. The molecule has 0 saturated heterocycles. The fourth-order valence-corrected chi connectivity index (χ4v) is 1.58. The standard InChI is InChI=1S/C13H13NO5S/c1-19-13(16)12(20)11(15)4-2-3-9-5-7-10(8-6-9)14(17)18/h2-3,5-8,12,20H,4H2,1H3/b3-2+. The number of ether oxygens (including phenoxy) is 1. The molecule has 0 amide bonds.